The molecule has 4 aliphatic heterocycles. The van der Waals surface area contributed by atoms with Crippen LogP contribution in [0.15, 0.2) is 85.5 Å². The van der Waals surface area contributed by atoms with Crippen molar-refractivity contribution in [2.75, 3.05) is 63.3 Å². The third-order valence-corrected chi connectivity index (χ3v) is 15.4. The van der Waals surface area contributed by atoms with Gasteiger partial charge in [-0.25, -0.2) is 37.5 Å². The summed E-state index contributed by atoms with van der Waals surface area (Å²) in [5, 5.41) is 15.6. The molecule has 12 rings (SSSR count). The highest BCUT2D eigenvalue weighted by molar-refractivity contribution is 6.02. The quantitative estimate of drug-likeness (QED) is 0.0943. The van der Waals surface area contributed by atoms with Crippen molar-refractivity contribution in [1.82, 2.24) is 50.1 Å². The van der Waals surface area contributed by atoms with Crippen molar-refractivity contribution in [2.24, 2.45) is 24.9 Å². The summed E-state index contributed by atoms with van der Waals surface area (Å²) in [5.41, 5.74) is 2.09. The maximum Gasteiger partial charge on any atom is 0.228 e. The van der Waals surface area contributed by atoms with E-state index >= 15 is 8.78 Å². The highest BCUT2D eigenvalue weighted by Gasteiger charge is 2.49. The topological polar surface area (TPSA) is 204 Å². The minimum Gasteiger partial charge on any atom is -0.496 e. The van der Waals surface area contributed by atoms with Crippen LogP contribution in [0, 0.1) is 34.1 Å². The molecule has 2 amide bonds. The van der Waals surface area contributed by atoms with E-state index in [0.717, 1.165) is 12.8 Å². The molecular formula is C56H52F4N12O6. The Morgan fingerprint density at radius 2 is 1.15 bits per heavy atom. The zero-order valence-corrected chi connectivity index (χ0v) is 43.0. The van der Waals surface area contributed by atoms with Crippen molar-refractivity contribution < 1.29 is 46.2 Å². The van der Waals surface area contributed by atoms with Crippen LogP contribution in [0.4, 0.5) is 28.9 Å². The molecule has 2 N–H and O–H groups in total. The van der Waals surface area contributed by atoms with Gasteiger partial charge in [0.15, 0.2) is 29.0 Å². The normalized spacial score (nSPS) is 18.8. The summed E-state index contributed by atoms with van der Waals surface area (Å²) in [5.74, 6) is -2.39. The van der Waals surface area contributed by atoms with Gasteiger partial charge in [0, 0.05) is 95.6 Å². The Hall–Kier alpha value is -8.82. The first-order chi connectivity index (χ1) is 37.6. The summed E-state index contributed by atoms with van der Waals surface area (Å²) in [4.78, 5) is 73.4. The van der Waals surface area contributed by atoms with Gasteiger partial charge in [-0.15, -0.1) is 0 Å². The SMILES string of the molecule is COc1cccc(F)c1-c1nccc(C(=O)Cc2cc(F)c3c(cnn3C)c2N2CCC3(CCNC3=O)C2)n1.COc1cccc(F)c1-c1nccc(C(=O)Cc2cc(F)c3nn(C)cc3c2N2CCC3(CCNC3=O)C2)n1. The number of methoxy groups -OCH3 is 2. The Morgan fingerprint density at radius 3 is 1.64 bits per heavy atom. The summed E-state index contributed by atoms with van der Waals surface area (Å²) < 4.78 is 73.3. The molecule has 0 aliphatic carbocycles. The van der Waals surface area contributed by atoms with E-state index in [-0.39, 0.29) is 87.4 Å². The van der Waals surface area contributed by atoms with Crippen LogP contribution in [0.1, 0.15) is 57.8 Å². The molecular weight excluding hydrogens is 1010 g/mol. The first kappa shape index (κ1) is 51.3. The lowest BCUT2D eigenvalue weighted by Crippen LogP contribution is -2.34. The van der Waals surface area contributed by atoms with Gasteiger partial charge in [0.1, 0.15) is 51.4 Å². The van der Waals surface area contributed by atoms with Crippen LogP contribution in [0.2, 0.25) is 0 Å². The number of ketones is 2. The number of rotatable bonds is 12. The number of aromatic nitrogens is 8. The summed E-state index contributed by atoms with van der Waals surface area (Å²) >= 11 is 0. The molecule has 0 saturated carbocycles. The molecule has 4 aromatic carbocycles. The fourth-order valence-electron chi connectivity index (χ4n) is 11.6. The Morgan fingerprint density at radius 1 is 0.654 bits per heavy atom. The van der Waals surface area contributed by atoms with Crippen molar-refractivity contribution in [2.45, 2.75) is 38.5 Å². The number of carbonyl (C=O) groups is 4. The van der Waals surface area contributed by atoms with E-state index in [9.17, 15) is 28.0 Å². The van der Waals surface area contributed by atoms with E-state index in [1.807, 2.05) is 0 Å². The number of anilines is 2. The van der Waals surface area contributed by atoms with Crippen LogP contribution >= 0.6 is 0 Å². The van der Waals surface area contributed by atoms with Gasteiger partial charge >= 0.3 is 0 Å². The van der Waals surface area contributed by atoms with Crippen molar-refractivity contribution >= 4 is 56.6 Å². The van der Waals surface area contributed by atoms with E-state index in [0.29, 0.717) is 90.9 Å². The molecule has 2 atom stereocenters. The molecule has 78 heavy (non-hydrogen) atoms. The van der Waals surface area contributed by atoms with Crippen LogP contribution in [-0.2, 0) is 36.5 Å². The third-order valence-electron chi connectivity index (χ3n) is 15.4. The molecule has 4 aromatic heterocycles. The summed E-state index contributed by atoms with van der Waals surface area (Å²) in [6.45, 7) is 3.39. The van der Waals surface area contributed by atoms with E-state index in [1.54, 1.807) is 38.6 Å². The van der Waals surface area contributed by atoms with Gasteiger partial charge in [0.25, 0.3) is 0 Å². The molecule has 2 spiro atoms. The number of Topliss-reactive ketones (excluding diaryl/α,β-unsaturated/α-hetero) is 2. The largest absolute Gasteiger partial charge is 0.496 e. The fraction of sp³-hybridized carbons (Fsp3) is 0.321. The van der Waals surface area contributed by atoms with Gasteiger partial charge in [0.2, 0.25) is 11.8 Å². The van der Waals surface area contributed by atoms with E-state index in [2.05, 4.69) is 50.6 Å². The predicted octanol–water partition coefficient (Wildman–Crippen LogP) is 6.92. The molecule has 22 heteroatoms. The lowest BCUT2D eigenvalue weighted by Gasteiger charge is -2.25. The second-order valence-electron chi connectivity index (χ2n) is 20.1. The molecule has 4 saturated heterocycles. The van der Waals surface area contributed by atoms with Gasteiger partial charge < -0.3 is 29.9 Å². The number of fused-ring (bicyclic) bond motifs is 2. The molecule has 0 bridgehead atoms. The Balaban J connectivity index is 0.000000165. The van der Waals surface area contributed by atoms with Crippen LogP contribution in [0.25, 0.3) is 44.6 Å². The molecule has 0 radical (unpaired) electrons. The average molecular weight is 1070 g/mol. The highest BCUT2D eigenvalue weighted by Crippen LogP contribution is 2.45. The average Bonchev–Trinajstić information content (AvgIpc) is 4.50. The van der Waals surface area contributed by atoms with Gasteiger partial charge in [-0.3, -0.25) is 28.5 Å². The number of hydrogen-bond acceptors (Lipinski definition) is 14. The molecule has 400 valence electrons. The summed E-state index contributed by atoms with van der Waals surface area (Å²) in [6, 6.07) is 14.3. The Labute approximate surface area is 443 Å². The lowest BCUT2D eigenvalue weighted by atomic mass is 9.85. The standard InChI is InChI=1S/2C28H26F2N6O3/c1-35-14-17-24(34-35)19(30)12-16(25(17)36-11-8-28(15-36)7-10-32-27(28)38)13-21(37)20-6-9-31-26(33-20)23-18(29)4-3-5-22(23)39-2;1-35-25-17(14-33-35)24(36-11-8-28(15-36)7-10-32-27(28)38)16(12-19(25)30)13-21(37)20-6-9-31-26(34-20)23-18(29)4-3-5-22(23)39-2/h2*3-6,9,12,14H,7-8,10-11,13,15H2,1-2H3,(H,32,38). The number of aryl methyl sites for hydroxylation is 2. The third kappa shape index (κ3) is 9.06. The summed E-state index contributed by atoms with van der Waals surface area (Å²) in [6.07, 6.45) is 8.59. The number of carbonyl (C=O) groups excluding carboxylic acids is 4. The molecule has 4 fully saturated rings. The first-order valence-corrected chi connectivity index (χ1v) is 25.3. The highest BCUT2D eigenvalue weighted by atomic mass is 19.1. The molecule has 4 aliphatic rings. The van der Waals surface area contributed by atoms with E-state index in [1.165, 1.54) is 84.5 Å². The summed E-state index contributed by atoms with van der Waals surface area (Å²) in [7, 11) is 6.20. The smallest absolute Gasteiger partial charge is 0.228 e. The van der Waals surface area contributed by atoms with E-state index < -0.39 is 34.1 Å². The van der Waals surface area contributed by atoms with E-state index in [4.69, 9.17) is 9.47 Å². The van der Waals surface area contributed by atoms with Gasteiger partial charge in [-0.1, -0.05) is 12.1 Å². The van der Waals surface area contributed by atoms with Gasteiger partial charge in [-0.05, 0) is 85.3 Å². The molecule has 8 aromatic rings. The molecule has 18 nitrogen and oxygen atoms in total. The monoisotopic (exact) mass is 1060 g/mol. The number of ether oxygens (including phenoxy) is 2. The minimum absolute atomic E-state index is 0.0126. The van der Waals surface area contributed by atoms with Crippen LogP contribution < -0.4 is 29.9 Å². The van der Waals surface area contributed by atoms with Crippen molar-refractivity contribution in [3.05, 3.63) is 131 Å². The Bertz CT molecular complexity index is 3590. The number of nitrogens with one attached hydrogen (secondary N) is 2. The number of halogens is 4. The minimum atomic E-state index is -0.579. The predicted molar refractivity (Wildman–Crippen MR) is 279 cm³/mol. The fourth-order valence-corrected chi connectivity index (χ4v) is 11.6. The number of amides is 2. The van der Waals surface area contributed by atoms with Crippen LogP contribution in [-0.4, -0.2) is 116 Å². The zero-order valence-electron chi connectivity index (χ0n) is 43.0. The lowest BCUT2D eigenvalue weighted by molar-refractivity contribution is -0.127. The van der Waals surface area contributed by atoms with Crippen molar-refractivity contribution in [1.29, 1.82) is 0 Å². The van der Waals surface area contributed by atoms with Gasteiger partial charge in [0.05, 0.1) is 53.7 Å². The number of benzene rings is 4. The molecule has 8 heterocycles. The van der Waals surface area contributed by atoms with Crippen LogP contribution in [0.5, 0.6) is 11.5 Å². The molecule has 2 unspecified atom stereocenters. The first-order valence-electron chi connectivity index (χ1n) is 25.3. The van der Waals surface area contributed by atoms with Crippen molar-refractivity contribution in [3.8, 4) is 34.3 Å². The second kappa shape index (κ2) is 20.3. The maximum absolute atomic E-state index is 15.3. The van der Waals surface area contributed by atoms with Crippen LogP contribution in [0.3, 0.4) is 0 Å². The maximum atomic E-state index is 15.3. The second-order valence-corrected chi connectivity index (χ2v) is 20.1. The zero-order chi connectivity index (χ0) is 54.6. The van der Waals surface area contributed by atoms with Gasteiger partial charge in [-0.2, -0.15) is 10.2 Å². The Kier molecular flexibility index (Phi) is 13.3. The number of hydrogen-bond donors (Lipinski definition) is 2. The number of nitrogens with zero attached hydrogens (tertiary/aromatic N) is 10. The van der Waals surface area contributed by atoms with Crippen molar-refractivity contribution in [3.63, 3.8) is 0 Å².